The summed E-state index contributed by atoms with van der Waals surface area (Å²) in [5, 5.41) is 9.15. The second-order valence-corrected chi connectivity index (χ2v) is 8.15. The molecule has 20 heavy (non-hydrogen) atoms. The van der Waals surface area contributed by atoms with Crippen LogP contribution in [0.4, 0.5) is 0 Å². The normalized spacial score (nSPS) is 31.6. The lowest BCUT2D eigenvalue weighted by Crippen LogP contribution is -2.56. The number of aliphatic hydroxyl groups excluding tert-OH is 1. The Kier molecular flexibility index (Phi) is 4.33. The number of fused-ring (bicyclic) bond motifs is 1. The van der Waals surface area contributed by atoms with Gasteiger partial charge in [0.15, 0.2) is 0 Å². The maximum atomic E-state index is 12.7. The highest BCUT2D eigenvalue weighted by Gasteiger charge is 2.39. The van der Waals surface area contributed by atoms with Gasteiger partial charge >= 0.3 is 0 Å². The van der Waals surface area contributed by atoms with E-state index < -0.39 is 10.2 Å². The van der Waals surface area contributed by atoms with Gasteiger partial charge in [0.25, 0.3) is 10.2 Å². The summed E-state index contributed by atoms with van der Waals surface area (Å²) in [7, 11) is -3.30. The van der Waals surface area contributed by atoms with Crippen molar-refractivity contribution in [1.29, 1.82) is 0 Å². The van der Waals surface area contributed by atoms with Crippen molar-refractivity contribution in [2.45, 2.75) is 31.7 Å². The smallest absolute Gasteiger partial charge is 0.282 e. The van der Waals surface area contributed by atoms with Gasteiger partial charge in [0.1, 0.15) is 0 Å². The lowest BCUT2D eigenvalue weighted by atomic mass is 10.00. The molecule has 0 spiro atoms. The predicted molar refractivity (Wildman–Crippen MR) is 76.5 cm³/mol. The molecule has 0 aromatic carbocycles. The quantitative estimate of drug-likeness (QED) is 0.778. The average Bonchev–Trinajstić information content (AvgIpc) is 2.94. The van der Waals surface area contributed by atoms with Gasteiger partial charge < -0.3 is 5.11 Å². The van der Waals surface area contributed by atoms with Crippen molar-refractivity contribution < 1.29 is 13.5 Å². The van der Waals surface area contributed by atoms with Crippen molar-refractivity contribution in [2.75, 3.05) is 45.9 Å². The summed E-state index contributed by atoms with van der Waals surface area (Å²) in [6.45, 7) is 4.56. The van der Waals surface area contributed by atoms with Crippen LogP contribution < -0.4 is 0 Å². The molecule has 3 fully saturated rings. The fraction of sp³-hybridized carbons (Fsp3) is 1.00. The molecular weight excluding hydrogens is 278 g/mol. The first-order valence-electron chi connectivity index (χ1n) is 7.71. The molecule has 7 heteroatoms. The van der Waals surface area contributed by atoms with Gasteiger partial charge in [-0.2, -0.15) is 17.0 Å². The highest BCUT2D eigenvalue weighted by Crippen LogP contribution is 2.26. The standard InChI is InChI=1S/C13H25N3O3S/c17-11-12-3-6-15(7-4-12)20(18,19)16-9-8-14-5-1-2-13(14)10-16/h12-13,17H,1-11H2. The van der Waals surface area contributed by atoms with E-state index in [1.54, 1.807) is 8.61 Å². The molecule has 3 heterocycles. The number of nitrogens with zero attached hydrogens (tertiary/aromatic N) is 3. The number of piperazine rings is 1. The third-order valence-electron chi connectivity index (χ3n) is 5.03. The molecule has 0 aromatic heterocycles. The van der Waals surface area contributed by atoms with Crippen LogP contribution in [0.3, 0.4) is 0 Å². The first-order valence-corrected chi connectivity index (χ1v) is 9.11. The summed E-state index contributed by atoms with van der Waals surface area (Å²) in [5.41, 5.74) is 0. The van der Waals surface area contributed by atoms with Crippen molar-refractivity contribution in [3.63, 3.8) is 0 Å². The third kappa shape index (κ3) is 2.74. The van der Waals surface area contributed by atoms with E-state index in [2.05, 4.69) is 4.90 Å². The van der Waals surface area contributed by atoms with Crippen LogP contribution in [0.5, 0.6) is 0 Å². The molecule has 0 radical (unpaired) electrons. The number of aliphatic hydroxyl groups is 1. The summed E-state index contributed by atoms with van der Waals surface area (Å²) in [6.07, 6.45) is 3.87. The van der Waals surface area contributed by atoms with Crippen LogP contribution in [0.15, 0.2) is 0 Å². The second kappa shape index (κ2) is 5.88. The molecule has 0 aliphatic carbocycles. The Morgan fingerprint density at radius 3 is 2.40 bits per heavy atom. The zero-order chi connectivity index (χ0) is 14.2. The molecule has 116 valence electrons. The summed E-state index contributed by atoms with van der Waals surface area (Å²) in [6, 6.07) is 0.425. The van der Waals surface area contributed by atoms with Gasteiger partial charge in [0.2, 0.25) is 0 Å². The molecule has 3 saturated heterocycles. The Bertz CT molecular complexity index is 434. The fourth-order valence-corrected chi connectivity index (χ4v) is 5.33. The molecule has 0 amide bonds. The first kappa shape index (κ1) is 14.7. The number of hydrogen-bond donors (Lipinski definition) is 1. The van der Waals surface area contributed by atoms with Crippen LogP contribution in [-0.4, -0.2) is 79.0 Å². The molecule has 1 atom stereocenters. The molecule has 6 nitrogen and oxygen atoms in total. The Hall–Kier alpha value is -0.210. The molecule has 3 aliphatic heterocycles. The summed E-state index contributed by atoms with van der Waals surface area (Å²) >= 11 is 0. The summed E-state index contributed by atoms with van der Waals surface area (Å²) in [4.78, 5) is 2.42. The molecule has 1 unspecified atom stereocenters. The largest absolute Gasteiger partial charge is 0.396 e. The Balaban J connectivity index is 1.63. The van der Waals surface area contributed by atoms with Gasteiger partial charge in [-0.3, -0.25) is 4.90 Å². The van der Waals surface area contributed by atoms with E-state index in [4.69, 9.17) is 5.11 Å². The van der Waals surface area contributed by atoms with E-state index in [0.717, 1.165) is 32.4 Å². The molecule has 3 aliphatic rings. The van der Waals surface area contributed by atoms with Crippen LogP contribution in [-0.2, 0) is 10.2 Å². The monoisotopic (exact) mass is 303 g/mol. The van der Waals surface area contributed by atoms with Crippen molar-refractivity contribution in [3.05, 3.63) is 0 Å². The number of piperidine rings is 1. The molecule has 0 saturated carbocycles. The lowest BCUT2D eigenvalue weighted by Gasteiger charge is -2.40. The second-order valence-electron chi connectivity index (χ2n) is 6.22. The van der Waals surface area contributed by atoms with Gasteiger partial charge in [-0.15, -0.1) is 0 Å². The third-order valence-corrected chi connectivity index (χ3v) is 7.04. The van der Waals surface area contributed by atoms with Gasteiger partial charge in [-0.05, 0) is 38.1 Å². The highest BCUT2D eigenvalue weighted by molar-refractivity contribution is 7.86. The highest BCUT2D eigenvalue weighted by atomic mass is 32.2. The van der Waals surface area contributed by atoms with E-state index in [0.29, 0.717) is 32.2 Å². The van der Waals surface area contributed by atoms with Crippen molar-refractivity contribution >= 4 is 10.2 Å². The minimum Gasteiger partial charge on any atom is -0.396 e. The SMILES string of the molecule is O=S(=O)(N1CCC(CO)CC1)N1CCN2CCCC2C1. The molecule has 1 N–H and O–H groups in total. The van der Waals surface area contributed by atoms with Crippen LogP contribution in [0.1, 0.15) is 25.7 Å². The summed E-state index contributed by atoms with van der Waals surface area (Å²) in [5.74, 6) is 0.271. The van der Waals surface area contributed by atoms with E-state index in [1.807, 2.05) is 0 Å². The van der Waals surface area contributed by atoms with Gasteiger partial charge in [-0.25, -0.2) is 0 Å². The van der Waals surface area contributed by atoms with Gasteiger partial charge in [0, 0.05) is 45.4 Å². The fourth-order valence-electron chi connectivity index (χ4n) is 3.66. The van der Waals surface area contributed by atoms with Crippen LogP contribution in [0, 0.1) is 5.92 Å². The maximum Gasteiger partial charge on any atom is 0.282 e. The Morgan fingerprint density at radius 1 is 0.950 bits per heavy atom. The van der Waals surface area contributed by atoms with E-state index in [9.17, 15) is 8.42 Å². The Morgan fingerprint density at radius 2 is 1.70 bits per heavy atom. The van der Waals surface area contributed by atoms with Crippen molar-refractivity contribution in [2.24, 2.45) is 5.92 Å². The zero-order valence-corrected chi connectivity index (χ0v) is 12.8. The van der Waals surface area contributed by atoms with Gasteiger partial charge in [0.05, 0.1) is 0 Å². The van der Waals surface area contributed by atoms with E-state index >= 15 is 0 Å². The van der Waals surface area contributed by atoms with Crippen molar-refractivity contribution in [3.8, 4) is 0 Å². The molecule has 0 bridgehead atoms. The summed E-state index contributed by atoms with van der Waals surface area (Å²) < 4.78 is 28.7. The number of rotatable bonds is 3. The van der Waals surface area contributed by atoms with Crippen molar-refractivity contribution in [1.82, 2.24) is 13.5 Å². The minimum absolute atomic E-state index is 0.175. The lowest BCUT2D eigenvalue weighted by molar-refractivity contribution is 0.140. The van der Waals surface area contributed by atoms with E-state index in [-0.39, 0.29) is 12.5 Å². The van der Waals surface area contributed by atoms with Crippen LogP contribution >= 0.6 is 0 Å². The average molecular weight is 303 g/mol. The van der Waals surface area contributed by atoms with Crippen LogP contribution in [0.25, 0.3) is 0 Å². The zero-order valence-electron chi connectivity index (χ0n) is 11.9. The molecule has 3 rings (SSSR count). The first-order chi connectivity index (χ1) is 9.61. The molecular formula is C13H25N3O3S. The maximum absolute atomic E-state index is 12.7. The Labute approximate surface area is 121 Å². The van der Waals surface area contributed by atoms with Gasteiger partial charge in [-0.1, -0.05) is 0 Å². The number of hydrogen-bond acceptors (Lipinski definition) is 4. The molecule has 0 aromatic rings. The van der Waals surface area contributed by atoms with E-state index in [1.165, 1.54) is 6.42 Å². The topological polar surface area (TPSA) is 64.1 Å². The van der Waals surface area contributed by atoms with Crippen LogP contribution in [0.2, 0.25) is 0 Å². The minimum atomic E-state index is -3.30. The predicted octanol–water partition coefficient (Wildman–Crippen LogP) is -0.284.